The van der Waals surface area contributed by atoms with E-state index in [4.69, 9.17) is 9.10 Å². The van der Waals surface area contributed by atoms with E-state index < -0.39 is 9.73 Å². The standard InChI is InChI=1S/C44H27N3O2S/c48-50-41-23-9-8-21-39(41)49-40-22-11-13-29(44(40)50)27-36(45-50)28-12-10-16-31(26-28)47-38-20-7-5-18-33(38)35-25-24-34-32-17-4-6-19-37(32)46(42(34)43(35)47)30-14-2-1-3-15-30/h1-27H. The highest BCUT2D eigenvalue weighted by molar-refractivity contribution is 7.94. The number of nitrogens with zero attached hydrogens (tertiary/aromatic N) is 3. The van der Waals surface area contributed by atoms with Crippen LogP contribution in [0.5, 0.6) is 11.5 Å². The van der Waals surface area contributed by atoms with Gasteiger partial charge in [0.2, 0.25) is 0 Å². The van der Waals surface area contributed by atoms with Gasteiger partial charge in [-0.25, -0.2) is 4.21 Å². The second-order valence-electron chi connectivity index (χ2n) is 12.8. The van der Waals surface area contributed by atoms with Gasteiger partial charge in [-0.2, -0.15) is 4.36 Å². The predicted octanol–water partition coefficient (Wildman–Crippen LogP) is 11.4. The summed E-state index contributed by atoms with van der Waals surface area (Å²) in [6.45, 7) is 0. The molecule has 0 saturated heterocycles. The van der Waals surface area contributed by atoms with Crippen molar-refractivity contribution in [2.24, 2.45) is 4.36 Å². The van der Waals surface area contributed by atoms with Crippen LogP contribution in [0.15, 0.2) is 172 Å². The number of rotatable bonds is 3. The summed E-state index contributed by atoms with van der Waals surface area (Å²) in [6, 6.07) is 54.2. The zero-order chi connectivity index (χ0) is 33.0. The van der Waals surface area contributed by atoms with Crippen molar-refractivity contribution in [1.82, 2.24) is 9.13 Å². The molecule has 0 amide bonds. The topological polar surface area (TPSA) is 48.5 Å². The number of hydrogen-bond acceptors (Lipinski definition) is 3. The van der Waals surface area contributed by atoms with Gasteiger partial charge in [0.15, 0.2) is 0 Å². The first-order valence-electron chi connectivity index (χ1n) is 16.7. The maximum atomic E-state index is 15.0. The quantitative estimate of drug-likeness (QED) is 0.189. The van der Waals surface area contributed by atoms with Gasteiger partial charge in [-0.05, 0) is 66.2 Å². The molecule has 9 aromatic rings. The number of aromatic nitrogens is 2. The Bertz CT molecular complexity index is 3070. The molecule has 0 N–H and O–H groups in total. The highest BCUT2D eigenvalue weighted by Gasteiger charge is 2.34. The molecule has 0 bridgehead atoms. The second-order valence-corrected chi connectivity index (χ2v) is 14.9. The normalized spacial score (nSPS) is 16.2. The van der Waals surface area contributed by atoms with Gasteiger partial charge >= 0.3 is 0 Å². The van der Waals surface area contributed by atoms with Gasteiger partial charge in [-0.3, -0.25) is 0 Å². The lowest BCUT2D eigenvalue weighted by Gasteiger charge is -2.27. The molecule has 2 aromatic heterocycles. The summed E-state index contributed by atoms with van der Waals surface area (Å²) in [6.07, 6.45) is 2.04. The summed E-state index contributed by atoms with van der Waals surface area (Å²) in [7, 11) is -2.98. The third-order valence-corrected chi connectivity index (χ3v) is 12.4. The number of hydrogen-bond donors (Lipinski definition) is 0. The molecule has 236 valence electrons. The van der Waals surface area contributed by atoms with Gasteiger partial charge in [0.1, 0.15) is 26.1 Å². The Labute approximate surface area is 288 Å². The number of benzene rings is 7. The van der Waals surface area contributed by atoms with Crippen LogP contribution in [0.25, 0.3) is 66.8 Å². The van der Waals surface area contributed by atoms with Gasteiger partial charge in [0, 0.05) is 38.5 Å². The molecule has 1 unspecified atom stereocenters. The molecular formula is C44H27N3O2S. The number of ether oxygens (including phenoxy) is 1. The van der Waals surface area contributed by atoms with E-state index in [0.29, 0.717) is 27.0 Å². The zero-order valence-corrected chi connectivity index (χ0v) is 27.5. The Kier molecular flexibility index (Phi) is 5.56. The highest BCUT2D eigenvalue weighted by atomic mass is 32.2. The third-order valence-electron chi connectivity index (χ3n) is 10.1. The first-order valence-corrected chi connectivity index (χ1v) is 18.2. The van der Waals surface area contributed by atoms with E-state index in [0.717, 1.165) is 44.6 Å². The molecule has 0 spiro atoms. The molecule has 0 radical (unpaired) electrons. The summed E-state index contributed by atoms with van der Waals surface area (Å²) < 4.78 is 31.1. The maximum absolute atomic E-state index is 15.0. The van der Waals surface area contributed by atoms with Crippen LogP contribution in [0.4, 0.5) is 0 Å². The van der Waals surface area contributed by atoms with Gasteiger partial charge < -0.3 is 13.9 Å². The number of para-hydroxylation sites is 4. The highest BCUT2D eigenvalue weighted by Crippen LogP contribution is 2.49. The van der Waals surface area contributed by atoms with E-state index in [1.165, 1.54) is 21.5 Å². The van der Waals surface area contributed by atoms with Crippen LogP contribution in [0.2, 0.25) is 0 Å². The molecule has 0 fully saturated rings. The van der Waals surface area contributed by atoms with Crippen molar-refractivity contribution in [3.63, 3.8) is 0 Å². The predicted molar refractivity (Wildman–Crippen MR) is 203 cm³/mol. The molecular weight excluding hydrogens is 635 g/mol. The average molecular weight is 662 g/mol. The first kappa shape index (κ1) is 27.6. The van der Waals surface area contributed by atoms with E-state index in [2.05, 4.69) is 124 Å². The lowest BCUT2D eigenvalue weighted by molar-refractivity contribution is 0.449. The molecule has 1 atom stereocenters. The Balaban J connectivity index is 1.21. The van der Waals surface area contributed by atoms with Gasteiger partial charge in [0.25, 0.3) is 0 Å². The van der Waals surface area contributed by atoms with Crippen LogP contribution >= 0.6 is 0 Å². The fourth-order valence-corrected chi connectivity index (χ4v) is 10.3. The van der Waals surface area contributed by atoms with Crippen LogP contribution in [-0.4, -0.2) is 13.3 Å². The van der Waals surface area contributed by atoms with E-state index >= 15 is 4.21 Å². The van der Waals surface area contributed by atoms with Crippen LogP contribution in [0.3, 0.4) is 0 Å². The lowest BCUT2D eigenvalue weighted by Crippen LogP contribution is -2.14. The summed E-state index contributed by atoms with van der Waals surface area (Å²) >= 11 is 0. The fraction of sp³-hybridized carbons (Fsp3) is 0. The monoisotopic (exact) mass is 661 g/mol. The van der Waals surface area contributed by atoms with Crippen LogP contribution in [-0.2, 0) is 9.73 Å². The minimum absolute atomic E-state index is 0.587. The second kappa shape index (κ2) is 10.1. The first-order chi connectivity index (χ1) is 24.7. The number of fused-ring (bicyclic) bond motifs is 9. The molecule has 6 heteroatoms. The van der Waals surface area contributed by atoms with Gasteiger partial charge in [-0.1, -0.05) is 103 Å². The molecule has 11 rings (SSSR count). The summed E-state index contributed by atoms with van der Waals surface area (Å²) in [5, 5.41) is 4.78. The Morgan fingerprint density at radius 2 is 1.12 bits per heavy atom. The molecule has 2 aliphatic heterocycles. The Morgan fingerprint density at radius 1 is 0.520 bits per heavy atom. The van der Waals surface area contributed by atoms with Crippen molar-refractivity contribution < 1.29 is 8.95 Å². The fourth-order valence-electron chi connectivity index (χ4n) is 7.98. The maximum Gasteiger partial charge on any atom is 0.145 e. The summed E-state index contributed by atoms with van der Waals surface area (Å²) in [5.74, 6) is 1.19. The SMILES string of the molecule is O=S12=NC(c3cccc(-n4c5ccccc5c5ccc6c7ccccc7n(-c7ccccc7)c6c54)c3)=Cc3cccc(c31)Oc1ccccc12. The van der Waals surface area contributed by atoms with Crippen molar-refractivity contribution in [3.8, 4) is 22.9 Å². The average Bonchev–Trinajstić information content (AvgIpc) is 3.68. The van der Waals surface area contributed by atoms with E-state index in [9.17, 15) is 0 Å². The minimum atomic E-state index is -2.98. The third kappa shape index (κ3) is 3.68. The van der Waals surface area contributed by atoms with Gasteiger partial charge in [-0.15, -0.1) is 0 Å². The van der Waals surface area contributed by atoms with Crippen LogP contribution in [0, 0.1) is 0 Å². The molecule has 4 heterocycles. The van der Waals surface area contributed by atoms with Crippen LogP contribution < -0.4 is 4.74 Å². The molecule has 7 aromatic carbocycles. The molecule has 0 aliphatic carbocycles. The Morgan fingerprint density at radius 3 is 1.88 bits per heavy atom. The van der Waals surface area contributed by atoms with Crippen molar-refractivity contribution in [2.75, 3.05) is 0 Å². The Hall–Kier alpha value is -6.37. The largest absolute Gasteiger partial charge is 0.455 e. The molecule has 2 aliphatic rings. The van der Waals surface area contributed by atoms with E-state index in [1.54, 1.807) is 0 Å². The minimum Gasteiger partial charge on any atom is -0.455 e. The smallest absolute Gasteiger partial charge is 0.145 e. The van der Waals surface area contributed by atoms with Crippen molar-refractivity contribution in [3.05, 3.63) is 169 Å². The molecule has 0 saturated carbocycles. The summed E-state index contributed by atoms with van der Waals surface area (Å²) in [4.78, 5) is 1.26. The van der Waals surface area contributed by atoms with E-state index in [1.807, 2.05) is 48.5 Å². The van der Waals surface area contributed by atoms with Crippen molar-refractivity contribution >= 4 is 65.1 Å². The van der Waals surface area contributed by atoms with Crippen LogP contribution in [0.1, 0.15) is 11.1 Å². The molecule has 50 heavy (non-hydrogen) atoms. The summed E-state index contributed by atoms with van der Waals surface area (Å²) in [5.41, 5.74) is 9.13. The van der Waals surface area contributed by atoms with Crippen molar-refractivity contribution in [2.45, 2.75) is 9.79 Å². The van der Waals surface area contributed by atoms with Gasteiger partial charge in [0.05, 0.1) is 32.7 Å². The van der Waals surface area contributed by atoms with E-state index in [-0.39, 0.29) is 0 Å². The zero-order valence-electron chi connectivity index (χ0n) is 26.7. The molecule has 5 nitrogen and oxygen atoms in total. The van der Waals surface area contributed by atoms with Crippen molar-refractivity contribution in [1.29, 1.82) is 0 Å². The lowest BCUT2D eigenvalue weighted by atomic mass is 10.1.